The molecule has 1 heterocycles. The molecule has 81 heavy (non-hydrogen) atoms. The molecule has 29 heteroatoms. The number of hydrogen-bond acceptors (Lipinski definition) is 18. The minimum absolute atomic E-state index is 0.00344. The minimum Gasteiger partial charge on any atom is -0.391 e. The average Bonchev–Trinajstić information content (AvgIpc) is 3.41. The van der Waals surface area contributed by atoms with Crippen molar-refractivity contribution < 1.29 is 63.0 Å². The molecule has 29 nitrogen and oxygen atoms in total. The molecular formula is C52H98N16O13. The SMILES string of the molecule is CCC(C)CCCC(=O)NC(CCN)C(=O)NC(C(=O)NC(CCN)C(=O)NC1CCNC(=O)C(C(C)O)NC(=O)C(CCN)NC(=O)C(CCN)NC(=O)C(CC(C)C)NC(=O)C(CC(C)C)NC(=O)C(N)CCNC1=O)C(C)O. The smallest absolute Gasteiger partial charge is 0.245 e. The molecule has 0 radical (unpaired) electrons. The maximum atomic E-state index is 14.1. The van der Waals surface area contributed by atoms with E-state index in [-0.39, 0.29) is 102 Å². The van der Waals surface area contributed by atoms with Gasteiger partial charge in [0.1, 0.15) is 54.4 Å². The lowest BCUT2D eigenvalue weighted by Crippen LogP contribution is -2.61. The molecule has 13 atom stereocenters. The largest absolute Gasteiger partial charge is 0.391 e. The molecule has 0 aromatic rings. The van der Waals surface area contributed by atoms with Crippen molar-refractivity contribution in [1.29, 1.82) is 0 Å². The van der Waals surface area contributed by atoms with Gasteiger partial charge in [-0.25, -0.2) is 0 Å². The number of amides is 11. The highest BCUT2D eigenvalue weighted by Crippen LogP contribution is 2.13. The van der Waals surface area contributed by atoms with E-state index in [4.69, 9.17) is 28.7 Å². The van der Waals surface area contributed by atoms with E-state index < -0.39 is 144 Å². The highest BCUT2D eigenvalue weighted by molar-refractivity contribution is 5.98. The van der Waals surface area contributed by atoms with Crippen LogP contribution in [0.15, 0.2) is 0 Å². The third-order valence-electron chi connectivity index (χ3n) is 13.4. The number of carbonyl (C=O) groups is 11. The zero-order valence-corrected chi connectivity index (χ0v) is 48.7. The van der Waals surface area contributed by atoms with Crippen molar-refractivity contribution in [3.8, 4) is 0 Å². The standard InChI is InChI=1S/C52H98N16O13/c1-9-29(6)11-10-12-40(71)60-33(13-19-53)47(76)68-42(31(8)70)52(81)64-35(15-21-55)46(75)63-37-18-24-59-51(80)41(30(7)69)67-48(77)36(16-22-56)61-45(74)34(14-20-54)62-49(78)39(26-28(4)5)66-50(79)38(25-27(2)3)65-43(72)32(57)17-23-58-44(37)73/h27-39,41-42,69-70H,9-26,53-57H2,1-8H3,(H,58,73)(H,59,80)(H,60,71)(H,61,74)(H,62,78)(H,63,75)(H,64,81)(H,65,72)(H,66,79)(H,67,77)(H,68,76). The van der Waals surface area contributed by atoms with Gasteiger partial charge >= 0.3 is 0 Å². The van der Waals surface area contributed by atoms with Crippen molar-refractivity contribution in [1.82, 2.24) is 58.5 Å². The highest BCUT2D eigenvalue weighted by Gasteiger charge is 2.37. The van der Waals surface area contributed by atoms with Gasteiger partial charge in [-0.15, -0.1) is 0 Å². The quantitative estimate of drug-likeness (QED) is 0.0384. The maximum absolute atomic E-state index is 14.1. The first-order valence-corrected chi connectivity index (χ1v) is 28.3. The molecule has 1 rings (SSSR count). The molecule has 0 aromatic heterocycles. The fourth-order valence-corrected chi connectivity index (χ4v) is 8.50. The van der Waals surface area contributed by atoms with Crippen molar-refractivity contribution >= 4 is 65.0 Å². The van der Waals surface area contributed by atoms with Crippen molar-refractivity contribution in [2.45, 2.75) is 205 Å². The second-order valence-electron chi connectivity index (χ2n) is 21.7. The predicted octanol–water partition coefficient (Wildman–Crippen LogP) is -5.83. The first kappa shape index (κ1) is 72.9. The normalized spacial score (nSPS) is 23.9. The van der Waals surface area contributed by atoms with Crippen LogP contribution in [0, 0.1) is 17.8 Å². The summed E-state index contributed by atoms with van der Waals surface area (Å²) >= 11 is 0. The molecular weight excluding hydrogens is 1060 g/mol. The first-order valence-electron chi connectivity index (χ1n) is 28.3. The second kappa shape index (κ2) is 38.6. The summed E-state index contributed by atoms with van der Waals surface area (Å²) in [6.45, 7) is 12.6. The molecule has 0 bridgehead atoms. The molecule has 0 aromatic carbocycles. The molecule has 1 aliphatic rings. The lowest BCUT2D eigenvalue weighted by molar-refractivity contribution is -0.136. The van der Waals surface area contributed by atoms with E-state index >= 15 is 0 Å². The Hall–Kier alpha value is -6.11. The molecule has 23 N–H and O–H groups in total. The van der Waals surface area contributed by atoms with Gasteiger partial charge in [0.25, 0.3) is 0 Å². The lowest BCUT2D eigenvalue weighted by Gasteiger charge is -2.28. The van der Waals surface area contributed by atoms with E-state index in [2.05, 4.69) is 65.4 Å². The van der Waals surface area contributed by atoms with Crippen LogP contribution in [0.2, 0.25) is 0 Å². The summed E-state index contributed by atoms with van der Waals surface area (Å²) in [6.07, 6.45) is -1.51. The van der Waals surface area contributed by atoms with Gasteiger partial charge in [0.2, 0.25) is 65.0 Å². The van der Waals surface area contributed by atoms with Gasteiger partial charge in [0.05, 0.1) is 18.2 Å². The Morgan fingerprint density at radius 2 is 1.02 bits per heavy atom. The molecule has 0 saturated carbocycles. The van der Waals surface area contributed by atoms with Crippen LogP contribution in [0.4, 0.5) is 0 Å². The van der Waals surface area contributed by atoms with Gasteiger partial charge < -0.3 is 97.4 Å². The number of aliphatic hydroxyl groups excluding tert-OH is 2. The Kier molecular flexibility index (Phi) is 34.7. The van der Waals surface area contributed by atoms with Gasteiger partial charge in [-0.3, -0.25) is 52.7 Å². The van der Waals surface area contributed by atoms with E-state index in [1.165, 1.54) is 13.8 Å². The molecule has 0 aliphatic carbocycles. The Morgan fingerprint density at radius 3 is 1.51 bits per heavy atom. The number of aliphatic hydroxyl groups is 2. The molecule has 0 spiro atoms. The van der Waals surface area contributed by atoms with Gasteiger partial charge in [-0.05, 0) is 116 Å². The zero-order valence-electron chi connectivity index (χ0n) is 48.7. The Labute approximate surface area is 475 Å². The van der Waals surface area contributed by atoms with Crippen LogP contribution in [0.5, 0.6) is 0 Å². The summed E-state index contributed by atoms with van der Waals surface area (Å²) in [6, 6.07) is -14.0. The number of nitrogens with two attached hydrogens (primary N) is 5. The van der Waals surface area contributed by atoms with E-state index in [1.54, 1.807) is 27.7 Å². The maximum Gasteiger partial charge on any atom is 0.245 e. The van der Waals surface area contributed by atoms with Crippen molar-refractivity contribution in [2.24, 2.45) is 46.4 Å². The minimum atomic E-state index is -1.67. The van der Waals surface area contributed by atoms with Crippen LogP contribution in [-0.4, -0.2) is 187 Å². The molecule has 1 fully saturated rings. The topological polar surface area (TPSA) is 491 Å². The van der Waals surface area contributed by atoms with Crippen LogP contribution in [0.1, 0.15) is 132 Å². The van der Waals surface area contributed by atoms with Crippen molar-refractivity contribution in [3.05, 3.63) is 0 Å². The van der Waals surface area contributed by atoms with Gasteiger partial charge in [0, 0.05) is 19.5 Å². The second-order valence-corrected chi connectivity index (χ2v) is 21.7. The van der Waals surface area contributed by atoms with E-state index in [9.17, 15) is 63.0 Å². The third kappa shape index (κ3) is 27.5. The molecule has 1 saturated heterocycles. The fourth-order valence-electron chi connectivity index (χ4n) is 8.50. The number of hydrogen-bond donors (Lipinski definition) is 18. The van der Waals surface area contributed by atoms with Gasteiger partial charge in [-0.1, -0.05) is 54.4 Å². The number of nitrogens with one attached hydrogen (secondary N) is 11. The van der Waals surface area contributed by atoms with E-state index in [1.807, 2.05) is 6.92 Å². The zero-order chi connectivity index (χ0) is 61.5. The van der Waals surface area contributed by atoms with Crippen LogP contribution in [0.25, 0.3) is 0 Å². The summed E-state index contributed by atoms with van der Waals surface area (Å²) < 4.78 is 0. The Bertz CT molecular complexity index is 2050. The summed E-state index contributed by atoms with van der Waals surface area (Å²) in [5, 5.41) is 49.5. The number of carbonyl (C=O) groups excluding carboxylic acids is 11. The summed E-state index contributed by atoms with van der Waals surface area (Å²) in [7, 11) is 0. The van der Waals surface area contributed by atoms with Crippen LogP contribution in [-0.2, 0) is 52.7 Å². The Balaban J connectivity index is 3.68. The summed E-state index contributed by atoms with van der Waals surface area (Å²) in [4.78, 5) is 151. The first-order chi connectivity index (χ1) is 38.1. The van der Waals surface area contributed by atoms with E-state index in [0.29, 0.717) is 12.3 Å². The molecule has 464 valence electrons. The summed E-state index contributed by atoms with van der Waals surface area (Å²) in [5.41, 5.74) is 29.5. The van der Waals surface area contributed by atoms with Crippen LogP contribution < -0.4 is 87.2 Å². The van der Waals surface area contributed by atoms with Crippen molar-refractivity contribution in [3.63, 3.8) is 0 Å². The summed E-state index contributed by atoms with van der Waals surface area (Å²) in [5.74, 6) is -9.05. The van der Waals surface area contributed by atoms with E-state index in [0.717, 1.165) is 12.8 Å². The molecule has 1 aliphatic heterocycles. The predicted molar refractivity (Wildman–Crippen MR) is 301 cm³/mol. The van der Waals surface area contributed by atoms with Gasteiger partial charge in [0.15, 0.2) is 0 Å². The lowest BCUT2D eigenvalue weighted by atomic mass is 9.99. The highest BCUT2D eigenvalue weighted by atomic mass is 16.3. The Morgan fingerprint density at radius 1 is 0.556 bits per heavy atom. The molecule has 11 amide bonds. The fraction of sp³-hybridized carbons (Fsp3) is 0.788. The van der Waals surface area contributed by atoms with Crippen LogP contribution >= 0.6 is 0 Å². The van der Waals surface area contributed by atoms with Gasteiger partial charge in [-0.2, -0.15) is 0 Å². The molecule has 13 unspecified atom stereocenters. The third-order valence-corrected chi connectivity index (χ3v) is 13.4. The van der Waals surface area contributed by atoms with Crippen molar-refractivity contribution in [2.75, 3.05) is 39.3 Å². The average molecular weight is 1160 g/mol. The monoisotopic (exact) mass is 1150 g/mol. The number of rotatable bonds is 26. The van der Waals surface area contributed by atoms with Crippen LogP contribution in [0.3, 0.4) is 0 Å².